The van der Waals surface area contributed by atoms with E-state index in [9.17, 15) is 9.59 Å². The molecule has 0 bridgehead atoms. The number of rotatable bonds is 4. The lowest BCUT2D eigenvalue weighted by Crippen LogP contribution is -2.27. The van der Waals surface area contributed by atoms with E-state index in [2.05, 4.69) is 10.1 Å². The van der Waals surface area contributed by atoms with Crippen LogP contribution >= 0.6 is 0 Å². The van der Waals surface area contributed by atoms with Gasteiger partial charge in [-0.1, -0.05) is 0 Å². The molecule has 6 heteroatoms. The van der Waals surface area contributed by atoms with E-state index in [4.69, 9.17) is 4.74 Å². The van der Waals surface area contributed by atoms with Crippen LogP contribution in [0.2, 0.25) is 0 Å². The minimum Gasteiger partial charge on any atom is -0.496 e. The lowest BCUT2D eigenvalue weighted by atomic mass is 10.1. The third-order valence-electron chi connectivity index (χ3n) is 2.81. The summed E-state index contributed by atoms with van der Waals surface area (Å²) in [6.45, 7) is 1.88. The summed E-state index contributed by atoms with van der Waals surface area (Å²) in [5, 5.41) is 2.76. The van der Waals surface area contributed by atoms with Gasteiger partial charge in [-0.2, -0.15) is 0 Å². The number of esters is 1. The highest BCUT2D eigenvalue weighted by atomic mass is 16.5. The molecule has 0 unspecified atom stereocenters. The number of amides is 2. The van der Waals surface area contributed by atoms with Crippen LogP contribution < -0.4 is 10.1 Å². The SMILES string of the molecule is COC(=O)/C=C\c1cc(C)c(OC)cc1NC(=O)N(C)C. The molecular formula is C15H20N2O4. The average molecular weight is 292 g/mol. The molecule has 1 aromatic carbocycles. The fourth-order valence-corrected chi connectivity index (χ4v) is 1.63. The van der Waals surface area contributed by atoms with Crippen molar-refractivity contribution in [2.45, 2.75) is 6.92 Å². The summed E-state index contributed by atoms with van der Waals surface area (Å²) in [5.74, 6) is 0.188. The highest BCUT2D eigenvalue weighted by Gasteiger charge is 2.11. The van der Waals surface area contributed by atoms with E-state index in [1.807, 2.05) is 13.0 Å². The van der Waals surface area contributed by atoms with Crippen LogP contribution in [-0.2, 0) is 9.53 Å². The maximum Gasteiger partial charge on any atom is 0.330 e. The van der Waals surface area contributed by atoms with Gasteiger partial charge in [0.25, 0.3) is 0 Å². The second kappa shape index (κ2) is 7.33. The Morgan fingerprint density at radius 3 is 2.43 bits per heavy atom. The van der Waals surface area contributed by atoms with Crippen LogP contribution in [0.3, 0.4) is 0 Å². The van der Waals surface area contributed by atoms with Gasteiger partial charge in [0.05, 0.1) is 19.9 Å². The molecule has 6 nitrogen and oxygen atoms in total. The molecule has 1 rings (SSSR count). The quantitative estimate of drug-likeness (QED) is 0.683. The molecule has 0 heterocycles. The maximum absolute atomic E-state index is 11.8. The summed E-state index contributed by atoms with van der Waals surface area (Å²) in [7, 11) is 6.15. The number of aryl methyl sites for hydroxylation is 1. The Labute approximate surface area is 124 Å². The second-order valence-corrected chi connectivity index (χ2v) is 4.59. The Balaban J connectivity index is 3.20. The number of hydrogen-bond donors (Lipinski definition) is 1. The average Bonchev–Trinajstić information content (AvgIpc) is 2.46. The first-order chi connectivity index (χ1) is 9.88. The van der Waals surface area contributed by atoms with Crippen molar-refractivity contribution in [1.82, 2.24) is 4.90 Å². The van der Waals surface area contributed by atoms with Gasteiger partial charge >= 0.3 is 12.0 Å². The van der Waals surface area contributed by atoms with Crippen molar-refractivity contribution < 1.29 is 19.1 Å². The largest absolute Gasteiger partial charge is 0.496 e. The van der Waals surface area contributed by atoms with Crippen LogP contribution in [0.1, 0.15) is 11.1 Å². The van der Waals surface area contributed by atoms with Crippen molar-refractivity contribution in [2.24, 2.45) is 0 Å². The summed E-state index contributed by atoms with van der Waals surface area (Å²) < 4.78 is 9.81. The molecule has 0 fully saturated rings. The van der Waals surface area contributed by atoms with Crippen molar-refractivity contribution >= 4 is 23.8 Å². The minimum absolute atomic E-state index is 0.270. The Kier molecular flexibility index (Phi) is 5.78. The fraction of sp³-hybridized carbons (Fsp3) is 0.333. The van der Waals surface area contributed by atoms with E-state index >= 15 is 0 Å². The van der Waals surface area contributed by atoms with E-state index < -0.39 is 5.97 Å². The standard InChI is InChI=1S/C15H20N2O4/c1-10-8-11(6-7-14(18)21-5)12(9-13(10)20-4)16-15(19)17(2)3/h6-9H,1-5H3,(H,16,19)/b7-6-. The number of urea groups is 1. The van der Waals surface area contributed by atoms with Gasteiger partial charge in [0, 0.05) is 26.2 Å². The zero-order valence-corrected chi connectivity index (χ0v) is 12.9. The first kappa shape index (κ1) is 16.6. The summed E-state index contributed by atoms with van der Waals surface area (Å²) in [5.41, 5.74) is 2.13. The summed E-state index contributed by atoms with van der Waals surface area (Å²) >= 11 is 0. The van der Waals surface area contributed by atoms with Crippen molar-refractivity contribution in [2.75, 3.05) is 33.6 Å². The molecule has 1 N–H and O–H groups in total. The number of carbonyl (C=O) groups is 2. The fourth-order valence-electron chi connectivity index (χ4n) is 1.63. The zero-order valence-electron chi connectivity index (χ0n) is 12.9. The summed E-state index contributed by atoms with van der Waals surface area (Å²) in [6, 6.07) is 3.27. The van der Waals surface area contributed by atoms with Crippen molar-refractivity contribution in [3.8, 4) is 5.75 Å². The Bertz CT molecular complexity index is 565. The van der Waals surface area contributed by atoms with Crippen LogP contribution in [0.25, 0.3) is 6.08 Å². The van der Waals surface area contributed by atoms with Gasteiger partial charge in [-0.05, 0) is 30.2 Å². The molecule has 1 aromatic rings. The smallest absolute Gasteiger partial charge is 0.330 e. The van der Waals surface area contributed by atoms with E-state index in [-0.39, 0.29) is 6.03 Å². The molecule has 0 aliphatic carbocycles. The van der Waals surface area contributed by atoms with Crippen LogP contribution in [0.15, 0.2) is 18.2 Å². The molecule has 21 heavy (non-hydrogen) atoms. The normalized spacial score (nSPS) is 10.3. The number of nitrogens with one attached hydrogen (secondary N) is 1. The lowest BCUT2D eigenvalue weighted by molar-refractivity contribution is -0.134. The third kappa shape index (κ3) is 4.52. The van der Waals surface area contributed by atoms with Crippen molar-refractivity contribution in [3.05, 3.63) is 29.3 Å². The topological polar surface area (TPSA) is 67.9 Å². The Morgan fingerprint density at radius 1 is 1.24 bits per heavy atom. The van der Waals surface area contributed by atoms with Gasteiger partial charge in [-0.3, -0.25) is 0 Å². The summed E-state index contributed by atoms with van der Waals surface area (Å²) in [4.78, 5) is 24.4. The number of anilines is 1. The van der Waals surface area contributed by atoms with Crippen LogP contribution in [0.4, 0.5) is 10.5 Å². The molecule has 0 radical (unpaired) electrons. The van der Waals surface area contributed by atoms with Crippen molar-refractivity contribution in [1.29, 1.82) is 0 Å². The predicted octanol–water partition coefficient (Wildman–Crippen LogP) is 2.28. The van der Waals surface area contributed by atoms with Gasteiger partial charge in [0.2, 0.25) is 0 Å². The first-order valence-electron chi connectivity index (χ1n) is 6.32. The predicted molar refractivity (Wildman–Crippen MR) is 81.5 cm³/mol. The number of nitrogens with zero attached hydrogens (tertiary/aromatic N) is 1. The van der Waals surface area contributed by atoms with Crippen LogP contribution in [0, 0.1) is 6.92 Å². The molecule has 0 aromatic heterocycles. The minimum atomic E-state index is -0.464. The number of hydrogen-bond acceptors (Lipinski definition) is 4. The van der Waals surface area contributed by atoms with Gasteiger partial charge < -0.3 is 19.7 Å². The highest BCUT2D eigenvalue weighted by molar-refractivity contribution is 5.94. The number of carbonyl (C=O) groups excluding carboxylic acids is 2. The van der Waals surface area contributed by atoms with Crippen molar-refractivity contribution in [3.63, 3.8) is 0 Å². The Morgan fingerprint density at radius 2 is 1.90 bits per heavy atom. The first-order valence-corrected chi connectivity index (χ1v) is 6.32. The molecule has 0 atom stereocenters. The second-order valence-electron chi connectivity index (χ2n) is 4.59. The summed E-state index contributed by atoms with van der Waals surface area (Å²) in [6.07, 6.45) is 2.89. The Hall–Kier alpha value is -2.50. The molecule has 114 valence electrons. The molecule has 0 aliphatic heterocycles. The van der Waals surface area contributed by atoms with Gasteiger partial charge in [0.1, 0.15) is 5.75 Å². The molecule has 0 saturated carbocycles. The van der Waals surface area contributed by atoms with Gasteiger partial charge in [0.15, 0.2) is 0 Å². The van der Waals surface area contributed by atoms with E-state index in [0.29, 0.717) is 17.0 Å². The van der Waals surface area contributed by atoms with E-state index in [1.54, 1.807) is 33.3 Å². The number of ether oxygens (including phenoxy) is 2. The van der Waals surface area contributed by atoms with E-state index in [0.717, 1.165) is 5.56 Å². The van der Waals surface area contributed by atoms with E-state index in [1.165, 1.54) is 18.1 Å². The monoisotopic (exact) mass is 292 g/mol. The maximum atomic E-state index is 11.8. The van der Waals surface area contributed by atoms with Crippen LogP contribution in [0.5, 0.6) is 5.75 Å². The number of methoxy groups -OCH3 is 2. The molecule has 2 amide bonds. The van der Waals surface area contributed by atoms with Gasteiger partial charge in [-0.25, -0.2) is 9.59 Å². The molecule has 0 saturated heterocycles. The highest BCUT2D eigenvalue weighted by Crippen LogP contribution is 2.28. The van der Waals surface area contributed by atoms with Gasteiger partial charge in [-0.15, -0.1) is 0 Å². The third-order valence-corrected chi connectivity index (χ3v) is 2.81. The molecule has 0 aliphatic rings. The zero-order chi connectivity index (χ0) is 16.0. The number of benzene rings is 1. The van der Waals surface area contributed by atoms with Crippen LogP contribution in [-0.4, -0.2) is 45.2 Å². The lowest BCUT2D eigenvalue weighted by Gasteiger charge is -2.16. The molecule has 0 spiro atoms. The molecular weight excluding hydrogens is 272 g/mol.